The average Bonchev–Trinajstić information content (AvgIpc) is 3.01. The maximum absolute atomic E-state index is 12.3. The summed E-state index contributed by atoms with van der Waals surface area (Å²) in [4.78, 5) is 23.8. The molecule has 0 heterocycles. The Balaban J connectivity index is 2.22. The number of carbonyl (C=O) groups is 2. The molecule has 0 radical (unpaired) electrons. The van der Waals surface area contributed by atoms with Crippen LogP contribution in [0.15, 0.2) is 0 Å². The van der Waals surface area contributed by atoms with E-state index in [0.717, 1.165) is 38.5 Å². The maximum atomic E-state index is 12.3. The lowest BCUT2D eigenvalue weighted by molar-refractivity contribution is -0.156. The minimum atomic E-state index is -0.961. The number of aliphatic carboxylic acids is 1. The van der Waals surface area contributed by atoms with Gasteiger partial charge in [0.05, 0.1) is 5.54 Å². The van der Waals surface area contributed by atoms with Crippen LogP contribution in [0, 0.1) is 5.41 Å². The summed E-state index contributed by atoms with van der Waals surface area (Å²) < 4.78 is 10.7. The molecule has 0 aromatic heterocycles. The Morgan fingerprint density at radius 2 is 1.68 bits per heavy atom. The lowest BCUT2D eigenvalue weighted by Crippen LogP contribution is -2.59. The number of alkyl carbamates (subject to hydrolysis) is 1. The number of hydrogen-bond acceptors (Lipinski definition) is 4. The third kappa shape index (κ3) is 3.07. The number of hydrogen-bond donors (Lipinski definition) is 2. The SMILES string of the molecule is COC(C(=O)O)C1(C2(NC(=O)OC(C)(C)C)CCCC2)CC1. The highest BCUT2D eigenvalue weighted by Crippen LogP contribution is 2.62. The lowest BCUT2D eigenvalue weighted by Gasteiger charge is -2.41. The zero-order chi connectivity index (χ0) is 16.6. The molecular formula is C16H27NO5. The Hall–Kier alpha value is -1.30. The van der Waals surface area contributed by atoms with Gasteiger partial charge in [0.25, 0.3) is 0 Å². The highest BCUT2D eigenvalue weighted by atomic mass is 16.6. The normalized spacial score (nSPS) is 23.6. The van der Waals surface area contributed by atoms with E-state index < -0.39 is 34.7 Å². The minimum Gasteiger partial charge on any atom is -0.479 e. The lowest BCUT2D eigenvalue weighted by atomic mass is 9.75. The van der Waals surface area contributed by atoms with Crippen LogP contribution in [0.5, 0.6) is 0 Å². The Morgan fingerprint density at radius 1 is 1.14 bits per heavy atom. The molecule has 2 N–H and O–H groups in total. The number of ether oxygens (including phenoxy) is 2. The number of amides is 1. The van der Waals surface area contributed by atoms with Crippen molar-refractivity contribution in [1.29, 1.82) is 0 Å². The Labute approximate surface area is 131 Å². The van der Waals surface area contributed by atoms with E-state index >= 15 is 0 Å². The number of carboxylic acids is 1. The van der Waals surface area contributed by atoms with Gasteiger partial charge in [-0.3, -0.25) is 0 Å². The van der Waals surface area contributed by atoms with Gasteiger partial charge in [0.1, 0.15) is 5.60 Å². The first kappa shape index (κ1) is 17.1. The second kappa shape index (κ2) is 5.72. The van der Waals surface area contributed by atoms with Crippen molar-refractivity contribution >= 4 is 12.1 Å². The molecule has 0 aliphatic heterocycles. The smallest absolute Gasteiger partial charge is 0.408 e. The highest BCUT2D eigenvalue weighted by molar-refractivity contribution is 5.76. The van der Waals surface area contributed by atoms with Gasteiger partial charge in [-0.1, -0.05) is 12.8 Å². The molecule has 0 aromatic rings. The summed E-state index contributed by atoms with van der Waals surface area (Å²) in [6.07, 6.45) is 3.67. The van der Waals surface area contributed by atoms with Gasteiger partial charge >= 0.3 is 12.1 Å². The van der Waals surface area contributed by atoms with Crippen LogP contribution < -0.4 is 5.32 Å². The van der Waals surface area contributed by atoms with Gasteiger partial charge < -0.3 is 19.9 Å². The molecule has 2 rings (SSSR count). The summed E-state index contributed by atoms with van der Waals surface area (Å²) in [5.41, 5.74) is -1.62. The second-order valence-electron chi connectivity index (χ2n) is 7.53. The Bertz CT molecular complexity index is 444. The molecule has 1 atom stereocenters. The van der Waals surface area contributed by atoms with E-state index in [9.17, 15) is 14.7 Å². The minimum absolute atomic E-state index is 0.471. The van der Waals surface area contributed by atoms with E-state index in [4.69, 9.17) is 9.47 Å². The van der Waals surface area contributed by atoms with Crippen LogP contribution in [0.3, 0.4) is 0 Å². The summed E-state index contributed by atoms with van der Waals surface area (Å²) in [5.74, 6) is -0.961. The summed E-state index contributed by atoms with van der Waals surface area (Å²) in [6.45, 7) is 5.45. The van der Waals surface area contributed by atoms with Gasteiger partial charge in [0.15, 0.2) is 6.10 Å². The summed E-state index contributed by atoms with van der Waals surface area (Å²) in [5, 5.41) is 12.5. The summed E-state index contributed by atoms with van der Waals surface area (Å²) in [7, 11) is 1.43. The standard InChI is InChI=1S/C16H27NO5/c1-14(2,3)22-13(20)17-16(7-5-6-8-16)15(9-10-15)11(21-4)12(18)19/h11H,5-10H2,1-4H3,(H,17,20)(H,18,19). The number of carboxylic acid groups (broad SMARTS) is 1. The van der Waals surface area contributed by atoms with Crippen molar-refractivity contribution in [2.24, 2.45) is 5.41 Å². The number of methoxy groups -OCH3 is 1. The van der Waals surface area contributed by atoms with E-state index in [-0.39, 0.29) is 0 Å². The predicted octanol–water partition coefficient (Wildman–Crippen LogP) is 2.70. The van der Waals surface area contributed by atoms with Crippen molar-refractivity contribution in [3.05, 3.63) is 0 Å². The fraction of sp³-hybridized carbons (Fsp3) is 0.875. The molecule has 0 aromatic carbocycles. The average molecular weight is 313 g/mol. The van der Waals surface area contributed by atoms with Crippen LogP contribution in [-0.4, -0.2) is 41.5 Å². The van der Waals surface area contributed by atoms with Crippen molar-refractivity contribution in [3.8, 4) is 0 Å². The van der Waals surface area contributed by atoms with Gasteiger partial charge in [-0.15, -0.1) is 0 Å². The van der Waals surface area contributed by atoms with Crippen LogP contribution in [-0.2, 0) is 14.3 Å². The third-order valence-electron chi connectivity index (χ3n) is 4.90. The van der Waals surface area contributed by atoms with Gasteiger partial charge in [0.2, 0.25) is 0 Å². The zero-order valence-electron chi connectivity index (χ0n) is 13.9. The van der Waals surface area contributed by atoms with Crippen LogP contribution in [0.4, 0.5) is 4.79 Å². The molecule has 0 bridgehead atoms. The molecule has 0 saturated heterocycles. The molecule has 2 saturated carbocycles. The molecule has 2 fully saturated rings. The number of carbonyl (C=O) groups excluding carboxylic acids is 1. The largest absolute Gasteiger partial charge is 0.479 e. The monoisotopic (exact) mass is 313 g/mol. The van der Waals surface area contributed by atoms with Crippen LogP contribution in [0.2, 0.25) is 0 Å². The quantitative estimate of drug-likeness (QED) is 0.815. The number of rotatable bonds is 5. The molecule has 6 heteroatoms. The van der Waals surface area contributed by atoms with Crippen molar-refractivity contribution in [2.75, 3.05) is 7.11 Å². The first-order chi connectivity index (χ1) is 10.2. The molecule has 6 nitrogen and oxygen atoms in total. The predicted molar refractivity (Wildman–Crippen MR) is 80.7 cm³/mol. The van der Waals surface area contributed by atoms with E-state index in [0.29, 0.717) is 0 Å². The van der Waals surface area contributed by atoms with E-state index in [1.54, 1.807) is 0 Å². The first-order valence-corrected chi connectivity index (χ1v) is 7.93. The third-order valence-corrected chi connectivity index (χ3v) is 4.90. The summed E-state index contributed by atoms with van der Waals surface area (Å²) in [6, 6.07) is 0. The molecule has 0 spiro atoms. The number of nitrogens with one attached hydrogen (secondary N) is 1. The topological polar surface area (TPSA) is 84.9 Å². The van der Waals surface area contributed by atoms with Crippen molar-refractivity contribution in [1.82, 2.24) is 5.32 Å². The van der Waals surface area contributed by atoms with Crippen LogP contribution >= 0.6 is 0 Å². The molecular weight excluding hydrogens is 286 g/mol. The molecule has 2 aliphatic rings. The molecule has 1 amide bonds. The molecule has 2 aliphatic carbocycles. The molecule has 126 valence electrons. The van der Waals surface area contributed by atoms with Crippen molar-refractivity contribution in [2.45, 2.75) is 76.5 Å². The van der Waals surface area contributed by atoms with E-state index in [1.165, 1.54) is 7.11 Å². The first-order valence-electron chi connectivity index (χ1n) is 7.93. The Kier molecular flexibility index (Phi) is 4.44. The van der Waals surface area contributed by atoms with Gasteiger partial charge in [-0.25, -0.2) is 9.59 Å². The zero-order valence-corrected chi connectivity index (χ0v) is 13.9. The Morgan fingerprint density at radius 3 is 2.05 bits per heavy atom. The second-order valence-corrected chi connectivity index (χ2v) is 7.53. The van der Waals surface area contributed by atoms with Crippen molar-refractivity contribution in [3.63, 3.8) is 0 Å². The van der Waals surface area contributed by atoms with Crippen LogP contribution in [0.1, 0.15) is 59.3 Å². The van der Waals surface area contributed by atoms with E-state index in [2.05, 4.69) is 5.32 Å². The van der Waals surface area contributed by atoms with E-state index in [1.807, 2.05) is 20.8 Å². The maximum Gasteiger partial charge on any atom is 0.408 e. The van der Waals surface area contributed by atoms with Crippen LogP contribution in [0.25, 0.3) is 0 Å². The molecule has 22 heavy (non-hydrogen) atoms. The highest BCUT2D eigenvalue weighted by Gasteiger charge is 2.67. The fourth-order valence-corrected chi connectivity index (χ4v) is 3.91. The van der Waals surface area contributed by atoms with Crippen molar-refractivity contribution < 1.29 is 24.2 Å². The van der Waals surface area contributed by atoms with Gasteiger partial charge in [0, 0.05) is 12.5 Å². The molecule has 1 unspecified atom stereocenters. The summed E-state index contributed by atoms with van der Waals surface area (Å²) >= 11 is 0. The fourth-order valence-electron chi connectivity index (χ4n) is 3.91. The van der Waals surface area contributed by atoms with Gasteiger partial charge in [-0.2, -0.15) is 0 Å². The van der Waals surface area contributed by atoms with Gasteiger partial charge in [-0.05, 0) is 46.5 Å².